The van der Waals surface area contributed by atoms with E-state index in [4.69, 9.17) is 9.15 Å². The summed E-state index contributed by atoms with van der Waals surface area (Å²) in [5.74, 6) is 0. The molecule has 1 aromatic heterocycles. The Kier molecular flexibility index (Phi) is 3.52. The van der Waals surface area contributed by atoms with Gasteiger partial charge in [-0.2, -0.15) is 4.98 Å². The Morgan fingerprint density at radius 1 is 1.50 bits per heavy atom. The van der Waals surface area contributed by atoms with Crippen LogP contribution in [0.4, 0.5) is 6.01 Å². The molecule has 0 bridgehead atoms. The monoisotopic (exact) mass is 251 g/mol. The highest BCUT2D eigenvalue weighted by Gasteiger charge is 2.26. The minimum absolute atomic E-state index is 0.390. The Labute approximate surface area is 108 Å². The van der Waals surface area contributed by atoms with Gasteiger partial charge in [-0.1, -0.05) is 6.92 Å². The van der Waals surface area contributed by atoms with Crippen LogP contribution >= 0.6 is 0 Å². The second-order valence-corrected chi connectivity index (χ2v) is 5.11. The maximum atomic E-state index is 5.61. The Hall–Kier alpha value is -1.07. The molecule has 1 unspecified atom stereocenters. The van der Waals surface area contributed by atoms with Gasteiger partial charge in [0.2, 0.25) is 0 Å². The van der Waals surface area contributed by atoms with Crippen LogP contribution in [0.15, 0.2) is 10.7 Å². The predicted molar refractivity (Wildman–Crippen MR) is 68.6 cm³/mol. The third kappa shape index (κ3) is 2.67. The molecule has 5 nitrogen and oxygen atoms in total. The highest BCUT2D eigenvalue weighted by Crippen LogP contribution is 2.22. The summed E-state index contributed by atoms with van der Waals surface area (Å²) in [6.07, 6.45) is 5.42. The van der Waals surface area contributed by atoms with E-state index in [9.17, 15) is 0 Å². The Morgan fingerprint density at radius 3 is 3.17 bits per heavy atom. The molecule has 2 aliphatic rings. The number of anilines is 1. The van der Waals surface area contributed by atoms with Crippen molar-refractivity contribution >= 4 is 6.01 Å². The summed E-state index contributed by atoms with van der Waals surface area (Å²) in [5, 5.41) is 3.45. The van der Waals surface area contributed by atoms with Gasteiger partial charge in [0, 0.05) is 19.1 Å². The van der Waals surface area contributed by atoms with E-state index in [1.807, 2.05) is 0 Å². The maximum absolute atomic E-state index is 5.61. The van der Waals surface area contributed by atoms with Crippen molar-refractivity contribution in [2.75, 3.05) is 24.7 Å². The summed E-state index contributed by atoms with van der Waals surface area (Å²) in [5.41, 5.74) is 0.998. The molecule has 3 rings (SSSR count). The first kappa shape index (κ1) is 12.0. The van der Waals surface area contributed by atoms with Crippen LogP contribution in [0.5, 0.6) is 0 Å². The zero-order chi connectivity index (χ0) is 12.4. The van der Waals surface area contributed by atoms with Gasteiger partial charge in [-0.05, 0) is 19.3 Å². The average Bonchev–Trinajstić information content (AvgIpc) is 3.13. The van der Waals surface area contributed by atoms with Crippen molar-refractivity contribution in [3.05, 3.63) is 12.0 Å². The molecule has 0 aromatic carbocycles. The van der Waals surface area contributed by atoms with Gasteiger partial charge < -0.3 is 19.4 Å². The van der Waals surface area contributed by atoms with E-state index in [0.29, 0.717) is 12.1 Å². The van der Waals surface area contributed by atoms with E-state index in [1.54, 1.807) is 6.26 Å². The summed E-state index contributed by atoms with van der Waals surface area (Å²) in [7, 11) is 0. The lowest BCUT2D eigenvalue weighted by molar-refractivity contribution is 0.0901. The van der Waals surface area contributed by atoms with Crippen molar-refractivity contribution in [2.45, 2.75) is 44.8 Å². The number of nitrogens with zero attached hydrogens (tertiary/aromatic N) is 2. The number of hydrogen-bond acceptors (Lipinski definition) is 5. The fourth-order valence-corrected chi connectivity index (χ4v) is 2.29. The highest BCUT2D eigenvalue weighted by molar-refractivity contribution is 5.30. The van der Waals surface area contributed by atoms with E-state index in [2.05, 4.69) is 22.1 Å². The molecule has 2 fully saturated rings. The highest BCUT2D eigenvalue weighted by atomic mass is 16.5. The lowest BCUT2D eigenvalue weighted by Gasteiger charge is -2.33. The molecule has 0 amide bonds. The van der Waals surface area contributed by atoms with Gasteiger partial charge in [-0.3, -0.25) is 0 Å². The molecule has 2 heterocycles. The van der Waals surface area contributed by atoms with Crippen molar-refractivity contribution in [1.29, 1.82) is 0 Å². The molecule has 100 valence electrons. The molecular formula is C13H21N3O2. The lowest BCUT2D eigenvalue weighted by Crippen LogP contribution is -2.45. The minimum Gasteiger partial charge on any atom is -0.432 e. The van der Waals surface area contributed by atoms with Gasteiger partial charge in [-0.15, -0.1) is 0 Å². The lowest BCUT2D eigenvalue weighted by atomic mass is 10.2. The van der Waals surface area contributed by atoms with Crippen LogP contribution in [0.25, 0.3) is 0 Å². The first-order valence-corrected chi connectivity index (χ1v) is 6.89. The van der Waals surface area contributed by atoms with Crippen molar-refractivity contribution in [2.24, 2.45) is 0 Å². The first-order valence-electron chi connectivity index (χ1n) is 6.89. The molecule has 18 heavy (non-hydrogen) atoms. The number of oxazole rings is 1. The number of aromatic nitrogens is 1. The average molecular weight is 251 g/mol. The van der Waals surface area contributed by atoms with Gasteiger partial charge in [0.25, 0.3) is 6.01 Å². The first-order chi connectivity index (χ1) is 8.86. The van der Waals surface area contributed by atoms with Crippen molar-refractivity contribution in [1.82, 2.24) is 10.3 Å². The molecular weight excluding hydrogens is 230 g/mol. The molecule has 1 saturated heterocycles. The van der Waals surface area contributed by atoms with E-state index < -0.39 is 0 Å². The maximum Gasteiger partial charge on any atom is 0.297 e. The minimum atomic E-state index is 0.390. The molecule has 1 saturated carbocycles. The topological polar surface area (TPSA) is 50.5 Å². The summed E-state index contributed by atoms with van der Waals surface area (Å²) in [6, 6.07) is 1.84. The molecule has 1 N–H and O–H groups in total. The fraction of sp³-hybridized carbons (Fsp3) is 0.769. The van der Waals surface area contributed by atoms with Crippen molar-refractivity contribution < 1.29 is 9.15 Å². The Balaban J connectivity index is 1.62. The van der Waals surface area contributed by atoms with E-state index in [0.717, 1.165) is 44.4 Å². The van der Waals surface area contributed by atoms with Gasteiger partial charge >= 0.3 is 0 Å². The summed E-state index contributed by atoms with van der Waals surface area (Å²) in [6.45, 7) is 5.39. The molecule has 1 atom stereocenters. The van der Waals surface area contributed by atoms with Crippen LogP contribution in [0.1, 0.15) is 31.9 Å². The molecule has 0 radical (unpaired) electrons. The number of ether oxygens (including phenoxy) is 1. The standard InChI is InChI=1S/C13H21N3O2/c1-2-12-9-17-6-5-16(12)13-15-11(8-18-13)7-14-10-3-4-10/h8,10,12,14H,2-7,9H2,1H3. The SMILES string of the molecule is CCC1COCCN1c1nc(CNC2CC2)co1. The smallest absolute Gasteiger partial charge is 0.297 e. The summed E-state index contributed by atoms with van der Waals surface area (Å²) < 4.78 is 11.1. The molecule has 0 spiro atoms. The van der Waals surface area contributed by atoms with Crippen LogP contribution in [0, 0.1) is 0 Å². The molecule has 1 aromatic rings. The van der Waals surface area contributed by atoms with Crippen LogP contribution in [0.3, 0.4) is 0 Å². The number of nitrogens with one attached hydrogen (secondary N) is 1. The van der Waals surface area contributed by atoms with Crippen LogP contribution in [-0.4, -0.2) is 36.8 Å². The molecule has 5 heteroatoms. The Bertz CT molecular complexity index is 389. The zero-order valence-corrected chi connectivity index (χ0v) is 10.9. The third-order valence-electron chi connectivity index (χ3n) is 3.63. The van der Waals surface area contributed by atoms with E-state index >= 15 is 0 Å². The van der Waals surface area contributed by atoms with Gasteiger partial charge in [-0.25, -0.2) is 0 Å². The molecule has 1 aliphatic heterocycles. The Morgan fingerprint density at radius 2 is 2.39 bits per heavy atom. The van der Waals surface area contributed by atoms with Gasteiger partial charge in [0.1, 0.15) is 6.26 Å². The van der Waals surface area contributed by atoms with E-state index in [-0.39, 0.29) is 0 Å². The third-order valence-corrected chi connectivity index (χ3v) is 3.63. The second-order valence-electron chi connectivity index (χ2n) is 5.11. The van der Waals surface area contributed by atoms with Crippen LogP contribution < -0.4 is 10.2 Å². The predicted octanol–water partition coefficient (Wildman–Crippen LogP) is 1.54. The van der Waals surface area contributed by atoms with Crippen molar-refractivity contribution in [3.8, 4) is 0 Å². The van der Waals surface area contributed by atoms with Crippen LogP contribution in [-0.2, 0) is 11.3 Å². The van der Waals surface area contributed by atoms with E-state index in [1.165, 1.54) is 12.8 Å². The number of hydrogen-bond donors (Lipinski definition) is 1. The molecule has 1 aliphatic carbocycles. The van der Waals surface area contributed by atoms with Gasteiger partial charge in [0.15, 0.2) is 0 Å². The number of morpholine rings is 1. The zero-order valence-electron chi connectivity index (χ0n) is 10.9. The number of rotatable bonds is 5. The van der Waals surface area contributed by atoms with Gasteiger partial charge in [0.05, 0.1) is 24.9 Å². The normalized spacial score (nSPS) is 24.5. The summed E-state index contributed by atoms with van der Waals surface area (Å²) in [4.78, 5) is 6.80. The quantitative estimate of drug-likeness (QED) is 0.860. The van der Waals surface area contributed by atoms with Crippen molar-refractivity contribution in [3.63, 3.8) is 0 Å². The second kappa shape index (κ2) is 5.28. The summed E-state index contributed by atoms with van der Waals surface area (Å²) >= 11 is 0. The fourth-order valence-electron chi connectivity index (χ4n) is 2.29. The van der Waals surface area contributed by atoms with Crippen LogP contribution in [0.2, 0.25) is 0 Å². The largest absolute Gasteiger partial charge is 0.432 e.